The number of para-hydroxylation sites is 1. The second kappa shape index (κ2) is 10.6. The maximum Gasteiger partial charge on any atom is 0.226 e. The zero-order valence-electron chi connectivity index (χ0n) is 21.3. The lowest BCUT2D eigenvalue weighted by Crippen LogP contribution is -2.32. The molecule has 0 saturated carbocycles. The third kappa shape index (κ3) is 5.13. The van der Waals surface area contributed by atoms with Crippen LogP contribution in [0.5, 0.6) is 0 Å². The van der Waals surface area contributed by atoms with Gasteiger partial charge in [-0.2, -0.15) is 0 Å². The molecular weight excluding hydrogens is 478 g/mol. The topological polar surface area (TPSA) is 62.2 Å². The molecule has 0 bridgehead atoms. The summed E-state index contributed by atoms with van der Waals surface area (Å²) in [4.78, 5) is 19.6. The molecule has 1 saturated heterocycles. The molecule has 188 valence electrons. The van der Waals surface area contributed by atoms with Gasteiger partial charge in [-0.25, -0.2) is 0 Å². The maximum absolute atomic E-state index is 12.8. The highest BCUT2D eigenvalue weighted by molar-refractivity contribution is 7.80. The molecule has 2 aromatic heterocycles. The highest BCUT2D eigenvalue weighted by Gasteiger charge is 2.41. The standard InChI is InChI=1S/C30H31N5OS/c1-20-12-14-23(15-13-20)32-27(36)16-18-34-29(28(33-30(34)37)26-11-7-8-17-31-26)25-19-21(2)35(22(25)3)24-9-5-4-6-10-24/h4-15,17,19,28-29H,16,18H2,1-3H3,(H,32,36)(H,33,37)/t28-,29+/m0/s1. The molecule has 2 N–H and O–H groups in total. The van der Waals surface area contributed by atoms with Gasteiger partial charge in [0.2, 0.25) is 5.91 Å². The van der Waals surface area contributed by atoms with E-state index in [1.807, 2.05) is 61.7 Å². The molecule has 0 unspecified atom stereocenters. The van der Waals surface area contributed by atoms with E-state index in [1.165, 1.54) is 5.56 Å². The van der Waals surface area contributed by atoms with E-state index in [0.29, 0.717) is 18.1 Å². The first-order valence-electron chi connectivity index (χ1n) is 12.5. The first-order valence-corrected chi connectivity index (χ1v) is 12.9. The molecule has 3 heterocycles. The fraction of sp³-hybridized carbons (Fsp3) is 0.233. The molecule has 0 aliphatic carbocycles. The van der Waals surface area contributed by atoms with Crippen molar-refractivity contribution in [2.45, 2.75) is 39.3 Å². The number of amides is 1. The number of nitrogens with one attached hydrogen (secondary N) is 2. The molecule has 0 spiro atoms. The molecule has 37 heavy (non-hydrogen) atoms. The van der Waals surface area contributed by atoms with Crippen molar-refractivity contribution in [3.8, 4) is 5.69 Å². The van der Waals surface area contributed by atoms with Crippen molar-refractivity contribution in [2.75, 3.05) is 11.9 Å². The summed E-state index contributed by atoms with van der Waals surface area (Å²) < 4.78 is 2.27. The van der Waals surface area contributed by atoms with Gasteiger partial charge < -0.3 is 20.1 Å². The number of thiocarbonyl (C=S) groups is 1. The van der Waals surface area contributed by atoms with Crippen LogP contribution in [-0.2, 0) is 4.79 Å². The van der Waals surface area contributed by atoms with E-state index in [0.717, 1.165) is 34.0 Å². The van der Waals surface area contributed by atoms with Crippen LogP contribution >= 0.6 is 12.2 Å². The average Bonchev–Trinajstić information content (AvgIpc) is 3.39. The van der Waals surface area contributed by atoms with Crippen LogP contribution in [0.4, 0.5) is 5.69 Å². The van der Waals surface area contributed by atoms with Gasteiger partial charge in [-0.15, -0.1) is 0 Å². The number of carbonyl (C=O) groups excluding carboxylic acids is 1. The predicted molar refractivity (Wildman–Crippen MR) is 152 cm³/mol. The number of aryl methyl sites for hydroxylation is 2. The van der Waals surface area contributed by atoms with Crippen LogP contribution in [0.3, 0.4) is 0 Å². The molecule has 4 aromatic rings. The number of hydrogen-bond acceptors (Lipinski definition) is 3. The fourth-order valence-electron chi connectivity index (χ4n) is 5.13. The molecule has 7 heteroatoms. The SMILES string of the molecule is Cc1ccc(NC(=O)CCN2C(=S)N[C@@H](c3ccccn3)[C@H]2c2cc(C)n(-c3ccccc3)c2C)cc1. The number of nitrogens with zero attached hydrogens (tertiary/aromatic N) is 3. The summed E-state index contributed by atoms with van der Waals surface area (Å²) in [5, 5.41) is 7.14. The number of hydrogen-bond donors (Lipinski definition) is 2. The van der Waals surface area contributed by atoms with Crippen molar-refractivity contribution in [2.24, 2.45) is 0 Å². The van der Waals surface area contributed by atoms with Crippen molar-refractivity contribution in [3.05, 3.63) is 113 Å². The van der Waals surface area contributed by atoms with E-state index in [9.17, 15) is 4.79 Å². The van der Waals surface area contributed by atoms with Crippen LogP contribution in [0, 0.1) is 20.8 Å². The Labute approximate surface area is 223 Å². The Morgan fingerprint density at radius 2 is 1.73 bits per heavy atom. The summed E-state index contributed by atoms with van der Waals surface area (Å²) >= 11 is 5.82. The molecule has 5 rings (SSSR count). The number of pyridine rings is 1. The van der Waals surface area contributed by atoms with Crippen LogP contribution in [0.2, 0.25) is 0 Å². The van der Waals surface area contributed by atoms with Crippen molar-refractivity contribution in [3.63, 3.8) is 0 Å². The molecule has 6 nitrogen and oxygen atoms in total. The minimum atomic E-state index is -0.126. The average molecular weight is 510 g/mol. The van der Waals surface area contributed by atoms with Crippen LogP contribution in [0.1, 0.15) is 46.7 Å². The van der Waals surface area contributed by atoms with Gasteiger partial charge in [0, 0.05) is 41.9 Å². The Kier molecular flexibility index (Phi) is 7.06. The van der Waals surface area contributed by atoms with Gasteiger partial charge in [-0.05, 0) is 81.0 Å². The first-order chi connectivity index (χ1) is 17.9. The molecule has 1 fully saturated rings. The smallest absolute Gasteiger partial charge is 0.226 e. The third-order valence-electron chi connectivity index (χ3n) is 6.92. The lowest BCUT2D eigenvalue weighted by Gasteiger charge is -2.28. The second-order valence-corrected chi connectivity index (χ2v) is 9.87. The number of benzene rings is 2. The number of rotatable bonds is 7. The zero-order chi connectivity index (χ0) is 25.9. The second-order valence-electron chi connectivity index (χ2n) is 9.48. The summed E-state index contributed by atoms with van der Waals surface area (Å²) in [6.07, 6.45) is 2.13. The maximum atomic E-state index is 12.8. The van der Waals surface area contributed by atoms with Gasteiger partial charge in [0.25, 0.3) is 0 Å². The van der Waals surface area contributed by atoms with Gasteiger partial charge in [0.05, 0.1) is 17.8 Å². The quantitative estimate of drug-likeness (QED) is 0.309. The molecule has 0 radical (unpaired) electrons. The Bertz CT molecular complexity index is 1400. The minimum Gasteiger partial charge on any atom is -0.352 e. The zero-order valence-corrected chi connectivity index (χ0v) is 22.1. The largest absolute Gasteiger partial charge is 0.352 e. The number of anilines is 1. The van der Waals surface area contributed by atoms with Gasteiger partial charge in [0.15, 0.2) is 5.11 Å². The van der Waals surface area contributed by atoms with Crippen molar-refractivity contribution in [1.29, 1.82) is 0 Å². The summed E-state index contributed by atoms with van der Waals surface area (Å²) in [5.41, 5.74) is 7.46. The van der Waals surface area contributed by atoms with E-state index in [1.54, 1.807) is 0 Å². The van der Waals surface area contributed by atoms with E-state index in [2.05, 4.69) is 69.3 Å². The third-order valence-corrected chi connectivity index (χ3v) is 7.27. The lowest BCUT2D eigenvalue weighted by atomic mass is 9.96. The van der Waals surface area contributed by atoms with E-state index in [-0.39, 0.29) is 18.0 Å². The molecule has 1 aliphatic heterocycles. The van der Waals surface area contributed by atoms with Gasteiger partial charge in [0.1, 0.15) is 0 Å². The van der Waals surface area contributed by atoms with Crippen molar-refractivity contribution >= 4 is 28.9 Å². The molecule has 1 amide bonds. The normalized spacial score (nSPS) is 17.1. The highest BCUT2D eigenvalue weighted by atomic mass is 32.1. The number of carbonyl (C=O) groups is 1. The molecular formula is C30H31N5OS. The van der Waals surface area contributed by atoms with E-state index in [4.69, 9.17) is 12.2 Å². The van der Waals surface area contributed by atoms with Crippen molar-refractivity contribution < 1.29 is 4.79 Å². The minimum absolute atomic E-state index is 0.0403. The van der Waals surface area contributed by atoms with Crippen LogP contribution in [0.25, 0.3) is 5.69 Å². The Morgan fingerprint density at radius 1 is 1.00 bits per heavy atom. The Hall–Kier alpha value is -3.97. The molecule has 2 atom stereocenters. The monoisotopic (exact) mass is 509 g/mol. The van der Waals surface area contributed by atoms with Gasteiger partial charge in [-0.1, -0.05) is 42.0 Å². The van der Waals surface area contributed by atoms with Gasteiger partial charge >= 0.3 is 0 Å². The number of aromatic nitrogens is 2. The first kappa shape index (κ1) is 24.7. The van der Waals surface area contributed by atoms with E-state index >= 15 is 0 Å². The molecule has 1 aliphatic rings. The summed E-state index contributed by atoms with van der Waals surface area (Å²) in [7, 11) is 0. The van der Waals surface area contributed by atoms with E-state index < -0.39 is 0 Å². The Morgan fingerprint density at radius 3 is 2.43 bits per heavy atom. The summed E-state index contributed by atoms with van der Waals surface area (Å²) in [5.74, 6) is -0.0403. The lowest BCUT2D eigenvalue weighted by molar-refractivity contribution is -0.116. The fourth-order valence-corrected chi connectivity index (χ4v) is 5.46. The van der Waals surface area contributed by atoms with Crippen LogP contribution in [0.15, 0.2) is 85.1 Å². The van der Waals surface area contributed by atoms with Gasteiger partial charge in [-0.3, -0.25) is 9.78 Å². The van der Waals surface area contributed by atoms with Crippen molar-refractivity contribution in [1.82, 2.24) is 19.8 Å². The molecule has 2 aromatic carbocycles. The predicted octanol–water partition coefficient (Wildman–Crippen LogP) is 5.80. The van der Waals surface area contributed by atoms with Crippen LogP contribution in [-0.4, -0.2) is 32.0 Å². The summed E-state index contributed by atoms with van der Waals surface area (Å²) in [6.45, 7) is 6.79. The Balaban J connectivity index is 1.45. The highest BCUT2D eigenvalue weighted by Crippen LogP contribution is 2.41. The van der Waals surface area contributed by atoms with Crippen LogP contribution < -0.4 is 10.6 Å². The summed E-state index contributed by atoms with van der Waals surface area (Å²) in [6, 6.07) is 26.1.